The molecular formula is C12H22BrNO. The average molecular weight is 276 g/mol. The van der Waals surface area contributed by atoms with Crippen molar-refractivity contribution < 1.29 is 4.79 Å². The van der Waals surface area contributed by atoms with Gasteiger partial charge < -0.3 is 5.32 Å². The molecule has 3 heteroatoms. The van der Waals surface area contributed by atoms with Gasteiger partial charge in [0.1, 0.15) is 0 Å². The van der Waals surface area contributed by atoms with E-state index in [4.69, 9.17) is 0 Å². The van der Waals surface area contributed by atoms with Crippen molar-refractivity contribution in [3.8, 4) is 0 Å². The van der Waals surface area contributed by atoms with E-state index in [1.807, 2.05) is 6.92 Å². The molecule has 0 saturated heterocycles. The Morgan fingerprint density at radius 3 is 2.33 bits per heavy atom. The second-order valence-electron chi connectivity index (χ2n) is 4.66. The quantitative estimate of drug-likeness (QED) is 0.785. The minimum Gasteiger partial charge on any atom is -0.355 e. The third-order valence-electron chi connectivity index (χ3n) is 3.47. The normalized spacial score (nSPS) is 28.5. The highest BCUT2D eigenvalue weighted by molar-refractivity contribution is 9.10. The van der Waals surface area contributed by atoms with Crippen LogP contribution in [0.2, 0.25) is 0 Å². The largest absolute Gasteiger partial charge is 0.355 e. The lowest BCUT2D eigenvalue weighted by Gasteiger charge is -2.27. The van der Waals surface area contributed by atoms with E-state index < -0.39 is 0 Å². The van der Waals surface area contributed by atoms with Crippen molar-refractivity contribution in [2.45, 2.75) is 50.8 Å². The number of alkyl halides is 1. The van der Waals surface area contributed by atoms with E-state index in [1.165, 1.54) is 32.1 Å². The molecule has 1 aliphatic carbocycles. The Hall–Kier alpha value is -0.0500. The van der Waals surface area contributed by atoms with Crippen LogP contribution in [0.25, 0.3) is 0 Å². The highest BCUT2D eigenvalue weighted by atomic mass is 79.9. The maximum Gasteiger partial charge on any atom is 0.233 e. The predicted molar refractivity (Wildman–Crippen MR) is 67.1 cm³/mol. The van der Waals surface area contributed by atoms with E-state index in [9.17, 15) is 4.79 Å². The van der Waals surface area contributed by atoms with Gasteiger partial charge in [-0.15, -0.1) is 0 Å². The summed E-state index contributed by atoms with van der Waals surface area (Å²) in [5, 5.41) is 3.00. The third kappa shape index (κ3) is 4.54. The first-order chi connectivity index (χ1) is 7.13. The summed E-state index contributed by atoms with van der Waals surface area (Å²) in [7, 11) is 0. The number of amides is 1. The molecule has 0 heterocycles. The Morgan fingerprint density at radius 2 is 1.87 bits per heavy atom. The smallest absolute Gasteiger partial charge is 0.233 e. The fourth-order valence-electron chi connectivity index (χ4n) is 2.23. The molecule has 1 aliphatic rings. The topological polar surface area (TPSA) is 29.1 Å². The fraction of sp³-hybridized carbons (Fsp3) is 0.917. The van der Waals surface area contributed by atoms with E-state index in [-0.39, 0.29) is 10.7 Å². The van der Waals surface area contributed by atoms with Crippen molar-refractivity contribution >= 4 is 21.8 Å². The molecule has 1 unspecified atom stereocenters. The predicted octanol–water partition coefficient (Wildman–Crippen LogP) is 3.10. The summed E-state index contributed by atoms with van der Waals surface area (Å²) in [6, 6.07) is 0. The molecule has 1 fully saturated rings. The first kappa shape index (κ1) is 13.0. The lowest BCUT2D eigenvalue weighted by atomic mass is 9.81. The number of carbonyl (C=O) groups is 1. The monoisotopic (exact) mass is 275 g/mol. The van der Waals surface area contributed by atoms with Crippen LogP contribution in [0, 0.1) is 11.8 Å². The van der Waals surface area contributed by atoms with E-state index in [1.54, 1.807) is 0 Å². The molecule has 1 rings (SSSR count). The summed E-state index contributed by atoms with van der Waals surface area (Å²) in [6.07, 6.45) is 6.59. The highest BCUT2D eigenvalue weighted by Gasteiger charge is 2.20. The van der Waals surface area contributed by atoms with Gasteiger partial charge >= 0.3 is 0 Å². The Labute approximate surface area is 101 Å². The van der Waals surface area contributed by atoms with Crippen LogP contribution in [0.3, 0.4) is 0 Å². The van der Waals surface area contributed by atoms with Crippen LogP contribution in [-0.2, 0) is 4.79 Å². The zero-order valence-corrected chi connectivity index (χ0v) is 11.3. The Balaban J connectivity index is 2.16. The molecule has 0 spiro atoms. The van der Waals surface area contributed by atoms with Gasteiger partial charge in [0.2, 0.25) is 5.91 Å². The van der Waals surface area contributed by atoms with Crippen LogP contribution in [-0.4, -0.2) is 17.3 Å². The Bertz CT molecular complexity index is 198. The van der Waals surface area contributed by atoms with Gasteiger partial charge in [0.05, 0.1) is 4.83 Å². The van der Waals surface area contributed by atoms with Crippen LogP contribution >= 0.6 is 15.9 Å². The lowest BCUT2D eigenvalue weighted by Crippen LogP contribution is -2.34. The molecule has 1 N–H and O–H groups in total. The summed E-state index contributed by atoms with van der Waals surface area (Å²) in [5.41, 5.74) is 0. The SMILES string of the molecule is CCC1CCC(CNC(=O)C(C)Br)CC1. The minimum atomic E-state index is -0.0653. The van der Waals surface area contributed by atoms with Crippen LogP contribution in [0.15, 0.2) is 0 Å². The molecule has 2 nitrogen and oxygen atoms in total. The molecule has 0 radical (unpaired) electrons. The van der Waals surface area contributed by atoms with Gasteiger partial charge in [0.15, 0.2) is 0 Å². The van der Waals surface area contributed by atoms with Crippen LogP contribution in [0.4, 0.5) is 0 Å². The van der Waals surface area contributed by atoms with E-state index >= 15 is 0 Å². The summed E-state index contributed by atoms with van der Waals surface area (Å²) in [4.78, 5) is 11.3. The van der Waals surface area contributed by atoms with E-state index in [0.29, 0.717) is 5.92 Å². The molecule has 0 aliphatic heterocycles. The van der Waals surface area contributed by atoms with Gasteiger partial charge in [-0.3, -0.25) is 4.79 Å². The number of hydrogen-bond donors (Lipinski definition) is 1. The molecule has 1 amide bonds. The summed E-state index contributed by atoms with van der Waals surface area (Å²) < 4.78 is 0. The second kappa shape index (κ2) is 6.51. The average Bonchev–Trinajstić information content (AvgIpc) is 2.26. The summed E-state index contributed by atoms with van der Waals surface area (Å²) in [6.45, 7) is 5.01. The van der Waals surface area contributed by atoms with Crippen molar-refractivity contribution in [3.05, 3.63) is 0 Å². The number of nitrogens with one attached hydrogen (secondary N) is 1. The molecule has 88 valence electrons. The Morgan fingerprint density at radius 1 is 1.33 bits per heavy atom. The molecule has 0 aromatic carbocycles. The fourth-order valence-corrected chi connectivity index (χ4v) is 2.39. The molecule has 0 aromatic rings. The number of carbonyl (C=O) groups excluding carboxylic acids is 1. The third-order valence-corrected chi connectivity index (χ3v) is 3.89. The van der Waals surface area contributed by atoms with Crippen molar-refractivity contribution in [3.63, 3.8) is 0 Å². The molecule has 1 saturated carbocycles. The summed E-state index contributed by atoms with van der Waals surface area (Å²) in [5.74, 6) is 1.77. The zero-order valence-electron chi connectivity index (χ0n) is 9.76. The van der Waals surface area contributed by atoms with Gasteiger partial charge in [0.25, 0.3) is 0 Å². The van der Waals surface area contributed by atoms with Gasteiger partial charge in [0, 0.05) is 6.54 Å². The van der Waals surface area contributed by atoms with Crippen LogP contribution in [0.1, 0.15) is 46.0 Å². The van der Waals surface area contributed by atoms with Crippen molar-refractivity contribution in [1.82, 2.24) is 5.32 Å². The standard InChI is InChI=1S/C12H22BrNO/c1-3-10-4-6-11(7-5-10)8-14-12(15)9(2)13/h9-11H,3-8H2,1-2H3,(H,14,15). The number of halogens is 1. The van der Waals surface area contributed by atoms with Gasteiger partial charge in [-0.2, -0.15) is 0 Å². The maximum atomic E-state index is 11.3. The zero-order chi connectivity index (χ0) is 11.3. The first-order valence-electron chi connectivity index (χ1n) is 6.05. The minimum absolute atomic E-state index is 0.0653. The molecule has 1 atom stereocenters. The van der Waals surface area contributed by atoms with Gasteiger partial charge in [-0.25, -0.2) is 0 Å². The molecular weight excluding hydrogens is 254 g/mol. The molecule has 0 bridgehead atoms. The van der Waals surface area contributed by atoms with Crippen molar-refractivity contribution in [2.24, 2.45) is 11.8 Å². The van der Waals surface area contributed by atoms with E-state index in [2.05, 4.69) is 28.2 Å². The number of hydrogen-bond acceptors (Lipinski definition) is 1. The van der Waals surface area contributed by atoms with Crippen LogP contribution < -0.4 is 5.32 Å². The van der Waals surface area contributed by atoms with Crippen LogP contribution in [0.5, 0.6) is 0 Å². The maximum absolute atomic E-state index is 11.3. The summed E-state index contributed by atoms with van der Waals surface area (Å²) >= 11 is 3.27. The Kier molecular flexibility index (Phi) is 5.65. The van der Waals surface area contributed by atoms with Crippen molar-refractivity contribution in [2.75, 3.05) is 6.54 Å². The van der Waals surface area contributed by atoms with Gasteiger partial charge in [-0.05, 0) is 31.6 Å². The van der Waals surface area contributed by atoms with Crippen molar-refractivity contribution in [1.29, 1.82) is 0 Å². The highest BCUT2D eigenvalue weighted by Crippen LogP contribution is 2.30. The van der Waals surface area contributed by atoms with E-state index in [0.717, 1.165) is 12.5 Å². The second-order valence-corrected chi connectivity index (χ2v) is 6.03. The molecule has 0 aromatic heterocycles. The lowest BCUT2D eigenvalue weighted by molar-refractivity contribution is -0.120. The first-order valence-corrected chi connectivity index (χ1v) is 6.96. The van der Waals surface area contributed by atoms with Gasteiger partial charge in [-0.1, -0.05) is 42.1 Å². The number of rotatable bonds is 4. The molecule has 15 heavy (non-hydrogen) atoms.